The van der Waals surface area contributed by atoms with E-state index in [1.807, 2.05) is 55.4 Å². The summed E-state index contributed by atoms with van der Waals surface area (Å²) in [6.07, 6.45) is 2.84. The van der Waals surface area contributed by atoms with Gasteiger partial charge >= 0.3 is 49.1 Å². The second-order valence-electron chi connectivity index (χ2n) is 16.7. The van der Waals surface area contributed by atoms with Gasteiger partial charge in [-0.05, 0) is 88.9 Å². The molecule has 20 heteroatoms. The van der Waals surface area contributed by atoms with Crippen molar-refractivity contribution in [2.45, 2.75) is 183 Å². The van der Waals surface area contributed by atoms with Gasteiger partial charge in [0, 0.05) is 0 Å². The van der Waals surface area contributed by atoms with Crippen molar-refractivity contribution in [2.75, 3.05) is 27.4 Å². The van der Waals surface area contributed by atoms with Gasteiger partial charge in [-0.25, -0.2) is 24.3 Å². The first-order valence-corrected chi connectivity index (χ1v) is 20.8. The van der Waals surface area contributed by atoms with E-state index in [0.717, 1.165) is 20.0 Å². The second kappa shape index (κ2) is 34.8. The highest BCUT2D eigenvalue weighted by molar-refractivity contribution is 5.93. The molecule has 2 saturated heterocycles. The van der Waals surface area contributed by atoms with Gasteiger partial charge in [0.05, 0.1) is 55.8 Å². The molecule has 2 rings (SSSR count). The fraction of sp³-hybridized carbons (Fsp3) is 0.800. The van der Waals surface area contributed by atoms with Crippen LogP contribution in [0.15, 0.2) is 0 Å². The highest BCUT2D eigenvalue weighted by Gasteiger charge is 2.54. The van der Waals surface area contributed by atoms with Crippen molar-refractivity contribution in [2.24, 2.45) is 23.7 Å². The number of hydrogen-bond acceptors (Lipinski definition) is 17. The molecule has 382 valence electrons. The Hall–Kier alpha value is -4.53. The third kappa shape index (κ3) is 28.2. The lowest BCUT2D eigenvalue weighted by molar-refractivity contribution is -0.209. The SMILES string of the molecule is C.CC(C)CCC1(C(=O)O)CC(=O)O1.COC(=O)CC(O)(CCC(C)C)C(=O)O.O.[3H]C(C)OC(=O)C(O)(CCC(C)C)CC(=O)OC.[3H]C(C)OC(=O)C1(CCC(C)C)CC(=O)O1.[3H][C+](C)O. The van der Waals surface area contributed by atoms with Gasteiger partial charge in [-0.2, -0.15) is 0 Å². The number of carboxylic acids is 2. The molecule has 0 radical (unpaired) electrons. The first-order valence-electron chi connectivity index (χ1n) is 22.5. The van der Waals surface area contributed by atoms with Gasteiger partial charge in [-0.3, -0.25) is 19.2 Å². The zero-order valence-electron chi connectivity index (χ0n) is 42.9. The van der Waals surface area contributed by atoms with Crippen LogP contribution in [-0.4, -0.2) is 129 Å². The van der Waals surface area contributed by atoms with Crippen LogP contribution in [0.3, 0.4) is 0 Å². The molecule has 65 heavy (non-hydrogen) atoms. The largest absolute Gasteiger partial charge is 0.479 e. The second-order valence-corrected chi connectivity index (χ2v) is 16.7. The van der Waals surface area contributed by atoms with Gasteiger partial charge < -0.3 is 54.3 Å². The molecule has 2 fully saturated rings. The first-order chi connectivity index (χ1) is 30.1. The molecule has 0 saturated carbocycles. The molecular weight excluding hydrogens is 860 g/mol. The molecular formula is C45H83O20+. The maximum atomic E-state index is 11.7. The van der Waals surface area contributed by atoms with E-state index in [1.165, 1.54) is 27.9 Å². The molecule has 2 aliphatic heterocycles. The highest BCUT2D eigenvalue weighted by atomic mass is 16.6. The number of aliphatic hydroxyl groups is 3. The minimum absolute atomic E-state index is 0. The number of carbonyl (C=O) groups is 8. The normalized spacial score (nSPS) is 20.0. The van der Waals surface area contributed by atoms with Crippen molar-refractivity contribution < 1.29 is 102 Å². The van der Waals surface area contributed by atoms with Gasteiger partial charge in [0.2, 0.25) is 17.8 Å². The Balaban J connectivity index is -0.000000251. The smallest absolute Gasteiger partial charge is 0.366 e. The Bertz CT molecular complexity index is 1520. The van der Waals surface area contributed by atoms with E-state index in [-0.39, 0.29) is 63.0 Å². The van der Waals surface area contributed by atoms with Crippen LogP contribution >= 0.6 is 0 Å². The van der Waals surface area contributed by atoms with Crippen LogP contribution < -0.4 is 0 Å². The molecule has 20 nitrogen and oxygen atoms in total. The third-order valence-electron chi connectivity index (χ3n) is 9.32. The van der Waals surface area contributed by atoms with E-state index in [2.05, 4.69) is 14.2 Å². The number of hydrogen-bond donors (Lipinski definition) is 5. The highest BCUT2D eigenvalue weighted by Crippen LogP contribution is 2.36. The van der Waals surface area contributed by atoms with Gasteiger partial charge in [0.1, 0.15) is 6.92 Å². The number of carboxylic acid groups (broad SMARTS) is 2. The molecule has 0 spiro atoms. The Morgan fingerprint density at radius 2 is 1.03 bits per heavy atom. The number of aliphatic hydroxyl groups excluding tert-OH is 1. The summed E-state index contributed by atoms with van der Waals surface area (Å²) in [7, 11) is 2.34. The summed E-state index contributed by atoms with van der Waals surface area (Å²) in [5.74, 6) is -4.73. The molecule has 2 aliphatic rings. The molecule has 0 amide bonds. The zero-order chi connectivity index (χ0) is 52.4. The third-order valence-corrected chi connectivity index (χ3v) is 9.32. The number of carbonyl (C=O) groups excluding carboxylic acids is 6. The minimum atomic E-state index is -2.00. The van der Waals surface area contributed by atoms with Crippen LogP contribution in [0.4, 0.5) is 0 Å². The maximum absolute atomic E-state index is 11.7. The fourth-order valence-corrected chi connectivity index (χ4v) is 5.29. The number of rotatable bonds is 22. The summed E-state index contributed by atoms with van der Waals surface area (Å²) in [5, 5.41) is 45.3. The van der Waals surface area contributed by atoms with Gasteiger partial charge in [0.25, 0.3) is 0 Å². The van der Waals surface area contributed by atoms with Crippen molar-refractivity contribution in [1.82, 2.24) is 0 Å². The summed E-state index contributed by atoms with van der Waals surface area (Å²) in [4.78, 5) is 88.7. The topological polar surface area (TPSA) is 325 Å². The fourth-order valence-electron chi connectivity index (χ4n) is 5.29. The lowest BCUT2D eigenvalue weighted by Crippen LogP contribution is -2.54. The molecule has 0 bridgehead atoms. The van der Waals surface area contributed by atoms with E-state index in [9.17, 15) is 48.6 Å². The van der Waals surface area contributed by atoms with E-state index in [1.54, 1.807) is 0 Å². The molecule has 6 unspecified atom stereocenters. The molecule has 7 N–H and O–H groups in total. The van der Waals surface area contributed by atoms with Crippen LogP contribution in [0, 0.1) is 30.3 Å². The molecule has 0 aromatic rings. The summed E-state index contributed by atoms with van der Waals surface area (Å²) in [5.41, 5.74) is -6.23. The Morgan fingerprint density at radius 3 is 1.32 bits per heavy atom. The average Bonchev–Trinajstić information content (AvgIpc) is 3.15. The Kier molecular flexibility index (Phi) is 33.5. The lowest BCUT2D eigenvalue weighted by Gasteiger charge is -2.38. The predicted molar refractivity (Wildman–Crippen MR) is 237 cm³/mol. The van der Waals surface area contributed by atoms with Crippen molar-refractivity contribution in [3.8, 4) is 0 Å². The quantitative estimate of drug-likeness (QED) is 0.0522. The number of esters is 6. The summed E-state index contributed by atoms with van der Waals surface area (Å²) in [6, 6.07) is 0. The van der Waals surface area contributed by atoms with Crippen molar-refractivity contribution >= 4 is 47.8 Å². The van der Waals surface area contributed by atoms with E-state index >= 15 is 0 Å². The standard InChI is InChI=1S/C12H22O5.C11H18O4.C10H18O5.C9H14O4.C2H5O.CH4.H2O/c1-5-17-11(14)12(15,7-6-9(2)3)8-10(13)16-4;1-4-14-10(13)11(6-5-8(2)3)7-9(12)15-11;1-7(2)4-5-10(14,9(12)13)6-8(11)15-3;1-6(2)3-4-9(8(11)12)5-7(10)13-9;1-2-3;;/h9,15H,5-8H2,1-4H3;8H,4-7H2,1-3H3;7,14H,4-6H2,1-3H3,(H,12,13);6H,3-5H2,1-2H3,(H,11,12);2-3H,1H3;1H4;1H2/q;;;;+1;;/i5T;4T;;;2T;;. The van der Waals surface area contributed by atoms with E-state index < -0.39 is 90.2 Å². The summed E-state index contributed by atoms with van der Waals surface area (Å²) in [6.45, 7) is 17.6. The van der Waals surface area contributed by atoms with Crippen LogP contribution in [0.2, 0.25) is 0 Å². The summed E-state index contributed by atoms with van der Waals surface area (Å²) < 4.78 is 48.3. The van der Waals surface area contributed by atoms with Gasteiger partial charge in [-0.1, -0.05) is 62.8 Å². The average molecular weight is 950 g/mol. The molecule has 6 atom stereocenters. The predicted octanol–water partition coefficient (Wildman–Crippen LogP) is 5.30. The van der Waals surface area contributed by atoms with Gasteiger partial charge in [0.15, 0.2) is 11.2 Å². The lowest BCUT2D eigenvalue weighted by atomic mass is 9.86. The maximum Gasteiger partial charge on any atom is 0.366 e. The summed E-state index contributed by atoms with van der Waals surface area (Å²) >= 11 is 0. The Morgan fingerprint density at radius 1 is 0.708 bits per heavy atom. The van der Waals surface area contributed by atoms with E-state index in [4.69, 9.17) is 33.6 Å². The molecule has 0 aromatic heterocycles. The van der Waals surface area contributed by atoms with Crippen molar-refractivity contribution in [1.29, 1.82) is 0 Å². The number of aliphatic carboxylic acids is 2. The van der Waals surface area contributed by atoms with Gasteiger partial charge in [-0.15, -0.1) is 0 Å². The first kappa shape index (κ1) is 62.6. The number of ether oxygens (including phenoxy) is 6. The van der Waals surface area contributed by atoms with Crippen LogP contribution in [0.1, 0.15) is 165 Å². The van der Waals surface area contributed by atoms with Crippen LogP contribution in [-0.2, 0) is 66.8 Å². The zero-order valence-corrected chi connectivity index (χ0v) is 39.9. The molecule has 2 heterocycles. The minimum Gasteiger partial charge on any atom is -0.479 e. The Labute approximate surface area is 389 Å². The van der Waals surface area contributed by atoms with Crippen molar-refractivity contribution in [3.05, 3.63) is 6.58 Å². The van der Waals surface area contributed by atoms with Crippen LogP contribution in [0.5, 0.6) is 0 Å². The molecule has 0 aliphatic carbocycles. The number of cyclic esters (lactones) is 2. The monoisotopic (exact) mass is 950 g/mol. The van der Waals surface area contributed by atoms with Crippen LogP contribution in [0.25, 0.3) is 0 Å². The van der Waals surface area contributed by atoms with E-state index in [0.29, 0.717) is 37.5 Å². The molecule has 0 aromatic carbocycles. The van der Waals surface area contributed by atoms with Crippen molar-refractivity contribution in [3.63, 3.8) is 0 Å². The number of methoxy groups -OCH3 is 2.